The number of hydrogen-bond acceptors (Lipinski definition) is 4. The van der Waals surface area contributed by atoms with Crippen LogP contribution >= 0.6 is 0 Å². The molecule has 0 aliphatic heterocycles. The highest BCUT2D eigenvalue weighted by molar-refractivity contribution is 5.35. The van der Waals surface area contributed by atoms with Crippen LogP contribution in [0.3, 0.4) is 0 Å². The van der Waals surface area contributed by atoms with Crippen LogP contribution in [0.5, 0.6) is 0 Å². The van der Waals surface area contributed by atoms with Gasteiger partial charge in [-0.25, -0.2) is 9.97 Å². The fourth-order valence-corrected chi connectivity index (χ4v) is 1.74. The summed E-state index contributed by atoms with van der Waals surface area (Å²) in [6, 6.07) is 1.95. The van der Waals surface area contributed by atoms with Gasteiger partial charge < -0.3 is 10.1 Å². The summed E-state index contributed by atoms with van der Waals surface area (Å²) in [5.74, 6) is 2.02. The third kappa shape index (κ3) is 3.97. The lowest BCUT2D eigenvalue weighted by molar-refractivity contribution is 0.0232. The van der Waals surface area contributed by atoms with Gasteiger partial charge in [-0.1, -0.05) is 13.8 Å². The van der Waals surface area contributed by atoms with E-state index in [1.807, 2.05) is 19.9 Å². The van der Waals surface area contributed by atoms with Gasteiger partial charge in [0.15, 0.2) is 5.82 Å². The monoisotopic (exact) mass is 237 g/mol. The molecule has 0 aliphatic rings. The Labute approximate surface area is 104 Å². The van der Waals surface area contributed by atoms with Crippen LogP contribution in [0, 0.1) is 12.8 Å². The average Bonchev–Trinajstić information content (AvgIpc) is 2.25. The highest BCUT2D eigenvalue weighted by Crippen LogP contribution is 2.24. The van der Waals surface area contributed by atoms with Gasteiger partial charge in [0.25, 0.3) is 0 Å². The lowest BCUT2D eigenvalue weighted by Crippen LogP contribution is -2.16. The van der Waals surface area contributed by atoms with Crippen LogP contribution in [0.25, 0.3) is 0 Å². The summed E-state index contributed by atoms with van der Waals surface area (Å²) in [7, 11) is 0. The molecule has 0 aromatic carbocycles. The third-order valence-corrected chi connectivity index (χ3v) is 2.44. The topological polar surface area (TPSA) is 47.0 Å². The van der Waals surface area contributed by atoms with Crippen LogP contribution in [0.4, 0.5) is 5.82 Å². The van der Waals surface area contributed by atoms with Crippen molar-refractivity contribution in [3.8, 4) is 0 Å². The second-order valence-electron chi connectivity index (χ2n) is 4.40. The number of rotatable bonds is 6. The maximum Gasteiger partial charge on any atom is 0.159 e. The highest BCUT2D eigenvalue weighted by atomic mass is 16.5. The molecule has 1 N–H and O–H groups in total. The number of nitrogens with one attached hydrogen (secondary N) is 1. The van der Waals surface area contributed by atoms with Crippen LogP contribution in [-0.4, -0.2) is 23.1 Å². The van der Waals surface area contributed by atoms with Crippen molar-refractivity contribution in [2.24, 2.45) is 5.92 Å². The zero-order valence-corrected chi connectivity index (χ0v) is 11.4. The van der Waals surface area contributed by atoms with Crippen molar-refractivity contribution in [3.05, 3.63) is 17.6 Å². The first-order valence-electron chi connectivity index (χ1n) is 6.29. The lowest BCUT2D eigenvalue weighted by atomic mass is 10.1. The molecule has 1 aromatic heterocycles. The molecule has 1 aromatic rings. The Bertz CT molecular complexity index is 353. The average molecular weight is 237 g/mol. The van der Waals surface area contributed by atoms with Crippen molar-refractivity contribution in [3.63, 3.8) is 0 Å². The van der Waals surface area contributed by atoms with Crippen LogP contribution in [0.2, 0.25) is 0 Å². The number of hydrogen-bond donors (Lipinski definition) is 1. The van der Waals surface area contributed by atoms with Gasteiger partial charge in [0.1, 0.15) is 11.9 Å². The van der Waals surface area contributed by atoms with E-state index in [1.54, 1.807) is 0 Å². The molecule has 4 heteroatoms. The SMILES string of the molecule is CCNc1cc(C)nc(C(OCC)C(C)C)n1. The van der Waals surface area contributed by atoms with Gasteiger partial charge in [-0.3, -0.25) is 0 Å². The van der Waals surface area contributed by atoms with E-state index >= 15 is 0 Å². The predicted molar refractivity (Wildman–Crippen MR) is 70.1 cm³/mol. The Morgan fingerprint density at radius 1 is 1.29 bits per heavy atom. The van der Waals surface area contributed by atoms with Gasteiger partial charge >= 0.3 is 0 Å². The summed E-state index contributed by atoms with van der Waals surface area (Å²) < 4.78 is 5.72. The zero-order valence-electron chi connectivity index (χ0n) is 11.4. The van der Waals surface area contributed by atoms with Crippen molar-refractivity contribution in [2.75, 3.05) is 18.5 Å². The maximum atomic E-state index is 5.72. The standard InChI is InChI=1S/C13H23N3O/c1-6-14-11-8-10(5)15-13(16-11)12(9(3)4)17-7-2/h8-9,12H,6-7H2,1-5H3,(H,14,15,16). The van der Waals surface area contributed by atoms with E-state index < -0.39 is 0 Å². The van der Waals surface area contributed by atoms with Crippen LogP contribution in [0.1, 0.15) is 45.3 Å². The first-order chi connectivity index (χ1) is 8.08. The Kier molecular flexibility index (Phi) is 5.35. The van der Waals surface area contributed by atoms with Crippen LogP contribution in [-0.2, 0) is 4.74 Å². The molecule has 0 fully saturated rings. The molecule has 1 unspecified atom stereocenters. The minimum Gasteiger partial charge on any atom is -0.370 e. The summed E-state index contributed by atoms with van der Waals surface area (Å²) in [6.45, 7) is 11.8. The van der Waals surface area contributed by atoms with E-state index in [9.17, 15) is 0 Å². The largest absolute Gasteiger partial charge is 0.370 e. The highest BCUT2D eigenvalue weighted by Gasteiger charge is 2.19. The first-order valence-corrected chi connectivity index (χ1v) is 6.29. The number of aromatic nitrogens is 2. The van der Waals surface area contributed by atoms with E-state index in [1.165, 1.54) is 0 Å². The van der Waals surface area contributed by atoms with Crippen molar-refractivity contribution >= 4 is 5.82 Å². The van der Waals surface area contributed by atoms with Gasteiger partial charge in [-0.2, -0.15) is 0 Å². The van der Waals surface area contributed by atoms with Crippen molar-refractivity contribution in [1.82, 2.24) is 9.97 Å². The molecule has 17 heavy (non-hydrogen) atoms. The molecule has 4 nitrogen and oxygen atoms in total. The van der Waals surface area contributed by atoms with Gasteiger partial charge in [0.2, 0.25) is 0 Å². The van der Waals surface area contributed by atoms with Gasteiger partial charge in [-0.05, 0) is 26.7 Å². The molecular formula is C13H23N3O. The predicted octanol–water partition coefficient (Wildman–Crippen LogP) is 2.95. The Morgan fingerprint density at radius 3 is 2.53 bits per heavy atom. The summed E-state index contributed by atoms with van der Waals surface area (Å²) in [6.07, 6.45) is -0.0303. The fraction of sp³-hybridized carbons (Fsp3) is 0.692. The Morgan fingerprint density at radius 2 is 2.00 bits per heavy atom. The second-order valence-corrected chi connectivity index (χ2v) is 4.40. The van der Waals surface area contributed by atoms with Gasteiger partial charge in [-0.15, -0.1) is 0 Å². The van der Waals surface area contributed by atoms with Crippen molar-refractivity contribution in [2.45, 2.75) is 40.7 Å². The van der Waals surface area contributed by atoms with Gasteiger partial charge in [0.05, 0.1) is 0 Å². The van der Waals surface area contributed by atoms with E-state index in [4.69, 9.17) is 4.74 Å². The van der Waals surface area contributed by atoms with E-state index in [0.29, 0.717) is 12.5 Å². The molecule has 0 saturated heterocycles. The molecule has 1 heterocycles. The molecule has 1 rings (SSSR count). The molecule has 96 valence electrons. The second kappa shape index (κ2) is 6.55. The molecule has 0 radical (unpaired) electrons. The molecule has 1 atom stereocenters. The normalized spacial score (nSPS) is 12.8. The number of anilines is 1. The molecule has 0 saturated carbocycles. The minimum absolute atomic E-state index is 0.0303. The summed E-state index contributed by atoms with van der Waals surface area (Å²) in [4.78, 5) is 9.00. The van der Waals surface area contributed by atoms with Crippen LogP contribution in [0.15, 0.2) is 6.07 Å². The maximum absolute atomic E-state index is 5.72. The molecule has 0 aliphatic carbocycles. The minimum atomic E-state index is -0.0303. The van der Waals surface area contributed by atoms with Crippen molar-refractivity contribution < 1.29 is 4.74 Å². The fourth-order valence-electron chi connectivity index (χ4n) is 1.74. The molecule has 0 bridgehead atoms. The van der Waals surface area contributed by atoms with E-state index in [2.05, 4.69) is 36.1 Å². The van der Waals surface area contributed by atoms with Gasteiger partial charge in [0, 0.05) is 24.9 Å². The molecule has 0 amide bonds. The van der Waals surface area contributed by atoms with Crippen LogP contribution < -0.4 is 5.32 Å². The molecular weight excluding hydrogens is 214 g/mol. The van der Waals surface area contributed by atoms with E-state index in [0.717, 1.165) is 23.9 Å². The number of aryl methyl sites for hydroxylation is 1. The third-order valence-electron chi connectivity index (χ3n) is 2.44. The number of nitrogens with zero attached hydrogens (tertiary/aromatic N) is 2. The molecule has 0 spiro atoms. The number of ether oxygens (including phenoxy) is 1. The smallest absolute Gasteiger partial charge is 0.159 e. The quantitative estimate of drug-likeness (QED) is 0.826. The lowest BCUT2D eigenvalue weighted by Gasteiger charge is -2.20. The Hall–Kier alpha value is -1.16. The summed E-state index contributed by atoms with van der Waals surface area (Å²) >= 11 is 0. The Balaban J connectivity index is 3.00. The van der Waals surface area contributed by atoms with E-state index in [-0.39, 0.29) is 6.10 Å². The summed E-state index contributed by atoms with van der Waals surface area (Å²) in [5.41, 5.74) is 0.969. The summed E-state index contributed by atoms with van der Waals surface area (Å²) in [5, 5.41) is 3.22. The first kappa shape index (κ1) is 13.9. The zero-order chi connectivity index (χ0) is 12.8. The van der Waals surface area contributed by atoms with Crippen molar-refractivity contribution in [1.29, 1.82) is 0 Å².